The van der Waals surface area contributed by atoms with Crippen molar-refractivity contribution in [2.75, 3.05) is 6.54 Å². The van der Waals surface area contributed by atoms with Crippen LogP contribution in [0, 0.1) is 6.92 Å². The summed E-state index contributed by atoms with van der Waals surface area (Å²) in [5.41, 5.74) is 0.488. The van der Waals surface area contributed by atoms with Gasteiger partial charge < -0.3 is 5.11 Å². The van der Waals surface area contributed by atoms with Crippen LogP contribution in [0.3, 0.4) is 0 Å². The largest absolute Gasteiger partial charge is 0.383 e. The minimum absolute atomic E-state index is 0.0615. The summed E-state index contributed by atoms with van der Waals surface area (Å²) in [6, 6.07) is 17.2. The van der Waals surface area contributed by atoms with Gasteiger partial charge in [0.05, 0.1) is 5.75 Å². The lowest BCUT2D eigenvalue weighted by atomic mass is 10.1. The lowest BCUT2D eigenvalue weighted by Gasteiger charge is -2.22. The molecule has 4 nitrogen and oxygen atoms in total. The van der Waals surface area contributed by atoms with E-state index in [1.807, 2.05) is 55.5 Å². The lowest BCUT2D eigenvalue weighted by molar-refractivity contribution is 0.0666. The molecule has 132 valence electrons. The molecular formula is C19H21NO3S2. The highest BCUT2D eigenvalue weighted by molar-refractivity contribution is 7.88. The third-order valence-corrected chi connectivity index (χ3v) is 6.70. The number of benzene rings is 2. The topological polar surface area (TPSA) is 66.4 Å². The number of sulfonamides is 1. The van der Waals surface area contributed by atoms with Crippen LogP contribution in [0.2, 0.25) is 0 Å². The maximum absolute atomic E-state index is 12.3. The van der Waals surface area contributed by atoms with E-state index in [0.717, 1.165) is 26.1 Å². The van der Waals surface area contributed by atoms with Crippen molar-refractivity contribution in [3.05, 3.63) is 70.6 Å². The Morgan fingerprint density at radius 3 is 2.60 bits per heavy atom. The average molecular weight is 376 g/mol. The maximum Gasteiger partial charge on any atom is 0.215 e. The highest BCUT2D eigenvalue weighted by Gasteiger charge is 2.27. The lowest BCUT2D eigenvalue weighted by Crippen LogP contribution is -2.38. The van der Waals surface area contributed by atoms with E-state index >= 15 is 0 Å². The molecule has 2 N–H and O–H groups in total. The monoisotopic (exact) mass is 375 g/mol. The van der Waals surface area contributed by atoms with Crippen LogP contribution < -0.4 is 4.72 Å². The molecule has 2 aromatic carbocycles. The first-order valence-corrected chi connectivity index (χ1v) is 10.5. The number of rotatable bonds is 6. The third-order valence-electron chi connectivity index (χ3n) is 4.03. The Morgan fingerprint density at radius 1 is 1.12 bits per heavy atom. The highest BCUT2D eigenvalue weighted by Crippen LogP contribution is 2.32. The predicted octanol–water partition coefficient (Wildman–Crippen LogP) is 3.54. The standard InChI is InChI=1S/C19H21NO3S2/c1-14-6-5-7-15(10-14)12-25(22,23)20-13-19(2,21)18-11-16-8-3-4-9-17(16)24-18/h3-11,20-21H,12-13H2,1-2H3/t19-/m0/s1. The summed E-state index contributed by atoms with van der Waals surface area (Å²) in [5, 5.41) is 11.8. The second-order valence-electron chi connectivity index (χ2n) is 6.49. The van der Waals surface area contributed by atoms with Crippen LogP contribution >= 0.6 is 11.3 Å². The minimum atomic E-state index is -3.53. The number of hydrogen-bond acceptors (Lipinski definition) is 4. The minimum Gasteiger partial charge on any atom is -0.383 e. The average Bonchev–Trinajstić information content (AvgIpc) is 2.98. The molecule has 0 bridgehead atoms. The van der Waals surface area contributed by atoms with Crippen LogP contribution in [0.5, 0.6) is 0 Å². The van der Waals surface area contributed by atoms with E-state index in [0.29, 0.717) is 0 Å². The van der Waals surface area contributed by atoms with E-state index in [1.54, 1.807) is 13.0 Å². The van der Waals surface area contributed by atoms with Crippen molar-refractivity contribution in [2.24, 2.45) is 0 Å². The molecule has 0 fully saturated rings. The number of aliphatic hydroxyl groups is 1. The molecule has 1 atom stereocenters. The fourth-order valence-corrected chi connectivity index (χ4v) is 4.98. The Labute approximate surface area is 152 Å². The molecule has 3 aromatic rings. The fraction of sp³-hybridized carbons (Fsp3) is 0.263. The van der Waals surface area contributed by atoms with Gasteiger partial charge in [-0.1, -0.05) is 48.0 Å². The number of aryl methyl sites for hydroxylation is 1. The van der Waals surface area contributed by atoms with Gasteiger partial charge in [-0.3, -0.25) is 0 Å². The molecule has 0 saturated heterocycles. The summed E-state index contributed by atoms with van der Waals surface area (Å²) in [7, 11) is -3.53. The molecule has 6 heteroatoms. The zero-order valence-corrected chi connectivity index (χ0v) is 15.8. The molecule has 0 saturated carbocycles. The second kappa shape index (κ2) is 6.88. The fourth-order valence-electron chi connectivity index (χ4n) is 2.66. The normalized spacial score (nSPS) is 14.5. The summed E-state index contributed by atoms with van der Waals surface area (Å²) >= 11 is 1.48. The van der Waals surface area contributed by atoms with Gasteiger partial charge in [0.25, 0.3) is 0 Å². The van der Waals surface area contributed by atoms with Gasteiger partial charge in [-0.15, -0.1) is 11.3 Å². The molecule has 25 heavy (non-hydrogen) atoms. The number of hydrogen-bond donors (Lipinski definition) is 2. The quantitative estimate of drug-likeness (QED) is 0.693. The number of thiophene rings is 1. The van der Waals surface area contributed by atoms with Gasteiger partial charge in [-0.2, -0.15) is 0 Å². The van der Waals surface area contributed by atoms with Crippen molar-refractivity contribution in [2.45, 2.75) is 25.2 Å². The highest BCUT2D eigenvalue weighted by atomic mass is 32.2. The Bertz CT molecular complexity index is 958. The molecule has 0 spiro atoms. The number of nitrogens with one attached hydrogen (secondary N) is 1. The van der Waals surface area contributed by atoms with Gasteiger partial charge >= 0.3 is 0 Å². The first-order valence-electron chi connectivity index (χ1n) is 7.99. The molecule has 0 unspecified atom stereocenters. The molecular weight excluding hydrogens is 354 g/mol. The van der Waals surface area contributed by atoms with Crippen LogP contribution in [-0.4, -0.2) is 20.1 Å². The van der Waals surface area contributed by atoms with E-state index in [1.165, 1.54) is 11.3 Å². The van der Waals surface area contributed by atoms with Crippen molar-refractivity contribution in [3.8, 4) is 0 Å². The molecule has 1 aromatic heterocycles. The Balaban J connectivity index is 1.72. The van der Waals surface area contributed by atoms with E-state index in [4.69, 9.17) is 0 Å². The zero-order chi connectivity index (χ0) is 18.1. The SMILES string of the molecule is Cc1cccc(CS(=O)(=O)NC[C@](C)(O)c2cc3ccccc3s2)c1. The Hall–Kier alpha value is -1.73. The van der Waals surface area contributed by atoms with Gasteiger partial charge in [0.1, 0.15) is 5.60 Å². The first kappa shape index (κ1) is 18.1. The third kappa shape index (κ3) is 4.46. The Morgan fingerprint density at radius 2 is 1.88 bits per heavy atom. The van der Waals surface area contributed by atoms with Crippen molar-refractivity contribution in [1.82, 2.24) is 4.72 Å². The van der Waals surface area contributed by atoms with Gasteiger partial charge in [0.15, 0.2) is 0 Å². The Kier molecular flexibility index (Phi) is 4.97. The zero-order valence-electron chi connectivity index (χ0n) is 14.2. The molecule has 0 radical (unpaired) electrons. The molecule has 0 aliphatic carbocycles. The summed E-state index contributed by atoms with van der Waals surface area (Å²) in [6.45, 7) is 3.50. The van der Waals surface area contributed by atoms with Crippen molar-refractivity contribution >= 4 is 31.4 Å². The van der Waals surface area contributed by atoms with E-state index in [2.05, 4.69) is 4.72 Å². The van der Waals surface area contributed by atoms with Crippen LogP contribution in [-0.2, 0) is 21.4 Å². The van der Waals surface area contributed by atoms with Crippen LogP contribution in [0.15, 0.2) is 54.6 Å². The molecule has 0 aliphatic heterocycles. The molecule has 0 amide bonds. The van der Waals surface area contributed by atoms with Crippen LogP contribution in [0.25, 0.3) is 10.1 Å². The molecule has 3 rings (SSSR count). The summed E-state index contributed by atoms with van der Waals surface area (Å²) in [4.78, 5) is 0.743. The van der Waals surface area contributed by atoms with Crippen molar-refractivity contribution < 1.29 is 13.5 Å². The summed E-state index contributed by atoms with van der Waals surface area (Å²) in [5.74, 6) is -0.100. The second-order valence-corrected chi connectivity index (χ2v) is 9.38. The van der Waals surface area contributed by atoms with Crippen molar-refractivity contribution in [3.63, 3.8) is 0 Å². The summed E-state index contributed by atoms with van der Waals surface area (Å²) in [6.07, 6.45) is 0. The van der Waals surface area contributed by atoms with E-state index in [9.17, 15) is 13.5 Å². The summed E-state index contributed by atoms with van der Waals surface area (Å²) < 4.78 is 28.3. The molecule has 1 heterocycles. The van der Waals surface area contributed by atoms with Crippen LogP contribution in [0.4, 0.5) is 0 Å². The molecule has 0 aliphatic rings. The van der Waals surface area contributed by atoms with E-state index < -0.39 is 15.6 Å². The van der Waals surface area contributed by atoms with Gasteiger partial charge in [0, 0.05) is 16.1 Å². The maximum atomic E-state index is 12.3. The smallest absolute Gasteiger partial charge is 0.215 e. The van der Waals surface area contributed by atoms with Gasteiger partial charge in [-0.25, -0.2) is 13.1 Å². The predicted molar refractivity (Wildman–Crippen MR) is 103 cm³/mol. The van der Waals surface area contributed by atoms with Gasteiger partial charge in [-0.05, 0) is 36.9 Å². The van der Waals surface area contributed by atoms with Gasteiger partial charge in [0.2, 0.25) is 10.0 Å². The van der Waals surface area contributed by atoms with E-state index in [-0.39, 0.29) is 12.3 Å². The first-order chi connectivity index (χ1) is 11.8. The number of fused-ring (bicyclic) bond motifs is 1. The van der Waals surface area contributed by atoms with Crippen molar-refractivity contribution in [1.29, 1.82) is 0 Å². The van der Waals surface area contributed by atoms with Crippen LogP contribution in [0.1, 0.15) is 22.9 Å².